The number of thiazole rings is 1. The topological polar surface area (TPSA) is 77.2 Å². The molecule has 1 aromatic carbocycles. The highest BCUT2D eigenvalue weighted by Crippen LogP contribution is 2.11. The molecule has 24 heavy (non-hydrogen) atoms. The molecule has 3 aromatic heterocycles. The first kappa shape index (κ1) is 14.4. The van der Waals surface area contributed by atoms with Crippen molar-refractivity contribution in [1.29, 1.82) is 0 Å². The Morgan fingerprint density at radius 2 is 1.79 bits per heavy atom. The second-order valence-corrected chi connectivity index (χ2v) is 6.01. The highest BCUT2D eigenvalue weighted by atomic mass is 32.1. The lowest BCUT2D eigenvalue weighted by atomic mass is 10.2. The van der Waals surface area contributed by atoms with Crippen molar-refractivity contribution in [1.82, 2.24) is 19.6 Å². The van der Waals surface area contributed by atoms with Gasteiger partial charge in [-0.25, -0.2) is 0 Å². The number of rotatable bonds is 2. The first-order valence-electron chi connectivity index (χ1n) is 7.14. The maximum Gasteiger partial charge on any atom is 0.300 e. The van der Waals surface area contributed by atoms with Crippen molar-refractivity contribution in [3.63, 3.8) is 0 Å². The van der Waals surface area contributed by atoms with E-state index in [0.717, 1.165) is 11.3 Å². The molecule has 3 heterocycles. The average molecular weight is 334 g/mol. The van der Waals surface area contributed by atoms with Crippen molar-refractivity contribution in [3.8, 4) is 11.3 Å². The molecule has 0 amide bonds. The lowest BCUT2D eigenvalue weighted by Crippen LogP contribution is -2.26. The smallest absolute Gasteiger partial charge is 0.266 e. The summed E-state index contributed by atoms with van der Waals surface area (Å²) in [5.41, 5.74) is 0.683. The normalized spacial score (nSPS) is 11.9. The minimum atomic E-state index is -0.452. The van der Waals surface area contributed by atoms with Gasteiger partial charge in [0.1, 0.15) is 4.53 Å². The van der Waals surface area contributed by atoms with Gasteiger partial charge in [0.2, 0.25) is 4.96 Å². The summed E-state index contributed by atoms with van der Waals surface area (Å²) in [6, 6.07) is 14.4. The maximum atomic E-state index is 12.5. The van der Waals surface area contributed by atoms with E-state index in [1.165, 1.54) is 4.52 Å². The van der Waals surface area contributed by atoms with Crippen LogP contribution in [0.25, 0.3) is 22.3 Å². The summed E-state index contributed by atoms with van der Waals surface area (Å²) < 4.78 is 1.60. The molecule has 0 unspecified atom stereocenters. The fraction of sp³-hybridized carbons (Fsp3) is 0. The van der Waals surface area contributed by atoms with Crippen molar-refractivity contribution >= 4 is 22.4 Å². The molecule has 0 spiro atoms. The Hall–Kier alpha value is -3.19. The van der Waals surface area contributed by atoms with Gasteiger partial charge in [0.25, 0.3) is 5.56 Å². The fourth-order valence-corrected chi connectivity index (χ4v) is 3.17. The molecular weight excluding hydrogens is 324 g/mol. The molecule has 0 bridgehead atoms. The third-order valence-electron chi connectivity index (χ3n) is 3.40. The number of fused-ring (bicyclic) bond motifs is 1. The van der Waals surface area contributed by atoms with Crippen molar-refractivity contribution in [2.45, 2.75) is 0 Å². The van der Waals surface area contributed by atoms with Crippen LogP contribution in [0.3, 0.4) is 0 Å². The van der Waals surface area contributed by atoms with Crippen LogP contribution in [0.4, 0.5) is 0 Å². The van der Waals surface area contributed by atoms with Gasteiger partial charge in [-0.15, -0.1) is 0 Å². The molecule has 0 saturated carbocycles. The van der Waals surface area contributed by atoms with E-state index < -0.39 is 5.56 Å². The van der Waals surface area contributed by atoms with Crippen molar-refractivity contribution in [3.05, 3.63) is 85.7 Å². The third-order valence-corrected chi connectivity index (χ3v) is 4.36. The first-order chi connectivity index (χ1) is 11.7. The average Bonchev–Trinajstić information content (AvgIpc) is 2.91. The molecule has 0 saturated heterocycles. The molecule has 0 radical (unpaired) electrons. The molecule has 0 aliphatic rings. The lowest BCUT2D eigenvalue weighted by Gasteiger charge is -1.98. The summed E-state index contributed by atoms with van der Waals surface area (Å²) in [5.74, 6) is 0. The Bertz CT molecular complexity index is 1180. The molecule has 0 aliphatic heterocycles. The minimum absolute atomic E-state index is 0.160. The van der Waals surface area contributed by atoms with Crippen LogP contribution in [0.5, 0.6) is 0 Å². The van der Waals surface area contributed by atoms with Gasteiger partial charge in [0.15, 0.2) is 5.69 Å². The molecule has 4 aromatic rings. The van der Waals surface area contributed by atoms with Crippen molar-refractivity contribution in [2.75, 3.05) is 0 Å². The van der Waals surface area contributed by atoms with Gasteiger partial charge in [-0.2, -0.15) is 14.6 Å². The van der Waals surface area contributed by atoms with E-state index in [1.54, 1.807) is 48.7 Å². The van der Waals surface area contributed by atoms with Crippen LogP contribution in [0.15, 0.2) is 64.3 Å². The Labute approximate surface area is 139 Å². The van der Waals surface area contributed by atoms with Gasteiger partial charge >= 0.3 is 5.56 Å². The number of pyridine rings is 1. The Morgan fingerprint density at radius 3 is 2.54 bits per heavy atom. The van der Waals surface area contributed by atoms with Gasteiger partial charge in [0.05, 0.1) is 5.69 Å². The van der Waals surface area contributed by atoms with Crippen LogP contribution in [-0.4, -0.2) is 19.6 Å². The molecule has 0 N–H and O–H groups in total. The van der Waals surface area contributed by atoms with E-state index in [9.17, 15) is 9.59 Å². The highest BCUT2D eigenvalue weighted by Gasteiger charge is 2.12. The second kappa shape index (κ2) is 5.78. The summed E-state index contributed by atoms with van der Waals surface area (Å²) in [6.07, 6.45) is 3.31. The van der Waals surface area contributed by atoms with Crippen molar-refractivity contribution in [2.24, 2.45) is 0 Å². The molecule has 116 valence electrons. The number of nitrogens with zero attached hydrogens (tertiary/aromatic N) is 4. The number of aromatic nitrogens is 4. The van der Waals surface area contributed by atoms with Crippen LogP contribution in [0, 0.1) is 0 Å². The molecule has 6 nitrogen and oxygen atoms in total. The van der Waals surface area contributed by atoms with Crippen LogP contribution in [-0.2, 0) is 0 Å². The summed E-state index contributed by atoms with van der Waals surface area (Å²) >= 11 is 1.12. The van der Waals surface area contributed by atoms with E-state index in [1.807, 2.05) is 12.1 Å². The molecule has 4 rings (SSSR count). The van der Waals surface area contributed by atoms with Gasteiger partial charge in [-0.3, -0.25) is 14.6 Å². The summed E-state index contributed by atoms with van der Waals surface area (Å²) in [7, 11) is 0. The van der Waals surface area contributed by atoms with Crippen LogP contribution < -0.4 is 15.7 Å². The third kappa shape index (κ3) is 2.50. The molecule has 0 atom stereocenters. The summed E-state index contributed by atoms with van der Waals surface area (Å²) in [5, 5.41) is 4.21. The Morgan fingerprint density at radius 1 is 1.00 bits per heavy atom. The Balaban J connectivity index is 1.96. The zero-order chi connectivity index (χ0) is 16.5. The fourth-order valence-electron chi connectivity index (χ4n) is 2.28. The number of benzene rings is 1. The van der Waals surface area contributed by atoms with Gasteiger partial charge in [-0.05, 0) is 18.2 Å². The minimum Gasteiger partial charge on any atom is -0.266 e. The quantitative estimate of drug-likeness (QED) is 0.549. The van der Waals surface area contributed by atoms with E-state index in [0.29, 0.717) is 15.8 Å². The van der Waals surface area contributed by atoms with Crippen molar-refractivity contribution < 1.29 is 0 Å². The van der Waals surface area contributed by atoms with E-state index in [2.05, 4.69) is 15.1 Å². The summed E-state index contributed by atoms with van der Waals surface area (Å²) in [4.78, 5) is 33.2. The lowest BCUT2D eigenvalue weighted by molar-refractivity contribution is 0.873. The Kier molecular flexibility index (Phi) is 3.47. The number of hydrogen-bond acceptors (Lipinski definition) is 6. The monoisotopic (exact) mass is 334 g/mol. The zero-order valence-electron chi connectivity index (χ0n) is 12.3. The molecule has 0 aliphatic carbocycles. The SMILES string of the molecule is O=c1nc2s/c(=C\c3ccccn3)c(=O)n2nc1-c1ccccc1. The van der Waals surface area contributed by atoms with Crippen LogP contribution in [0.2, 0.25) is 0 Å². The zero-order valence-corrected chi connectivity index (χ0v) is 13.1. The van der Waals surface area contributed by atoms with Crippen LogP contribution in [0.1, 0.15) is 5.69 Å². The van der Waals surface area contributed by atoms with Gasteiger partial charge in [0, 0.05) is 11.8 Å². The van der Waals surface area contributed by atoms with E-state index in [-0.39, 0.29) is 16.2 Å². The van der Waals surface area contributed by atoms with Gasteiger partial charge in [-0.1, -0.05) is 47.7 Å². The predicted molar refractivity (Wildman–Crippen MR) is 91.9 cm³/mol. The first-order valence-corrected chi connectivity index (χ1v) is 7.96. The maximum absolute atomic E-state index is 12.5. The second-order valence-electron chi connectivity index (χ2n) is 5.00. The molecule has 0 fully saturated rings. The largest absolute Gasteiger partial charge is 0.300 e. The standard InChI is InChI=1S/C17H10N4O2S/c22-15-14(11-6-2-1-3-7-11)20-21-16(23)13(24-17(21)19-15)10-12-8-4-5-9-18-12/h1-10H/b13-10-. The molecular formula is C17H10N4O2S. The number of hydrogen-bond donors (Lipinski definition) is 0. The van der Waals surface area contributed by atoms with Gasteiger partial charge < -0.3 is 0 Å². The van der Waals surface area contributed by atoms with E-state index >= 15 is 0 Å². The highest BCUT2D eigenvalue weighted by molar-refractivity contribution is 7.15. The van der Waals surface area contributed by atoms with E-state index in [4.69, 9.17) is 0 Å². The predicted octanol–water partition coefficient (Wildman–Crippen LogP) is 1.12. The molecule has 7 heteroatoms. The van der Waals surface area contributed by atoms with Crippen LogP contribution >= 0.6 is 11.3 Å². The summed E-state index contributed by atoms with van der Waals surface area (Å²) in [6.45, 7) is 0.